The van der Waals surface area contributed by atoms with Crippen LogP contribution in [-0.2, 0) is 11.2 Å². The van der Waals surface area contributed by atoms with E-state index in [-0.39, 0.29) is 11.3 Å². The van der Waals surface area contributed by atoms with Gasteiger partial charge in [0.15, 0.2) is 0 Å². The molecule has 1 amide bonds. The number of nitrogens with zero attached hydrogens (tertiary/aromatic N) is 1. The first-order chi connectivity index (χ1) is 21.7. The summed E-state index contributed by atoms with van der Waals surface area (Å²) in [6.07, 6.45) is 18.1. The topological polar surface area (TPSA) is 112 Å². The number of nitrogens with two attached hydrogens (primary N) is 1. The number of aromatic amines is 2. The highest BCUT2D eigenvalue weighted by atomic mass is 16.1. The van der Waals surface area contributed by atoms with E-state index in [0.717, 1.165) is 77.3 Å². The SMILES string of the molecule is CC1=CC(C)(C2=CC=C(N)Cc3[nH]c(-c4n[nH]c5ccc(C6=CC7CC7C(NC(=O)CC7CCNCC7)=C6)cc45)cc32)C=C1C. The summed E-state index contributed by atoms with van der Waals surface area (Å²) in [5, 5.41) is 15.8. The monoisotopic (exact) mass is 598 g/mol. The number of benzene rings is 1. The fraction of sp³-hybridized carbons (Fsp3) is 0.368. The van der Waals surface area contributed by atoms with Crippen molar-refractivity contribution >= 4 is 28.0 Å². The summed E-state index contributed by atoms with van der Waals surface area (Å²) in [4.78, 5) is 16.7. The number of H-pyrrole nitrogens is 2. The van der Waals surface area contributed by atoms with Gasteiger partial charge < -0.3 is 21.4 Å². The number of rotatable bonds is 6. The molecule has 45 heavy (non-hydrogen) atoms. The van der Waals surface area contributed by atoms with Gasteiger partial charge in [0, 0.05) is 52.2 Å². The first kappa shape index (κ1) is 28.1. The molecule has 7 heteroatoms. The van der Waals surface area contributed by atoms with Gasteiger partial charge in [-0.1, -0.05) is 41.5 Å². The fourth-order valence-electron chi connectivity index (χ4n) is 7.92. The van der Waals surface area contributed by atoms with Gasteiger partial charge in [0.2, 0.25) is 5.91 Å². The number of amides is 1. The fourth-order valence-corrected chi connectivity index (χ4v) is 7.92. The summed E-state index contributed by atoms with van der Waals surface area (Å²) in [5.74, 6) is 1.57. The number of hydrogen-bond acceptors (Lipinski definition) is 4. The molecule has 1 aliphatic heterocycles. The van der Waals surface area contributed by atoms with Gasteiger partial charge in [-0.25, -0.2) is 0 Å². The molecule has 5 aliphatic rings. The molecule has 2 fully saturated rings. The maximum Gasteiger partial charge on any atom is 0.224 e. The molecule has 0 bridgehead atoms. The summed E-state index contributed by atoms with van der Waals surface area (Å²) in [7, 11) is 0. The molecule has 8 rings (SSSR count). The minimum atomic E-state index is -0.203. The highest BCUT2D eigenvalue weighted by Crippen LogP contribution is 2.50. The highest BCUT2D eigenvalue weighted by Gasteiger charge is 2.41. The average Bonchev–Trinajstić information content (AvgIpc) is 3.46. The van der Waals surface area contributed by atoms with Crippen molar-refractivity contribution in [2.24, 2.45) is 28.9 Å². The zero-order valence-corrected chi connectivity index (χ0v) is 26.4. The first-order valence-corrected chi connectivity index (χ1v) is 16.5. The molecule has 2 aromatic heterocycles. The van der Waals surface area contributed by atoms with E-state index in [0.29, 0.717) is 30.6 Å². The molecule has 6 N–H and O–H groups in total. The van der Waals surface area contributed by atoms with Gasteiger partial charge in [-0.15, -0.1) is 0 Å². The van der Waals surface area contributed by atoms with Crippen molar-refractivity contribution in [1.29, 1.82) is 0 Å². The molecule has 4 aliphatic carbocycles. The number of nitrogens with one attached hydrogen (secondary N) is 4. The Bertz CT molecular complexity index is 1900. The molecule has 0 spiro atoms. The zero-order chi connectivity index (χ0) is 30.9. The lowest BCUT2D eigenvalue weighted by atomic mass is 9.79. The third-order valence-corrected chi connectivity index (χ3v) is 10.6. The maximum absolute atomic E-state index is 13.0. The summed E-state index contributed by atoms with van der Waals surface area (Å²) in [6.45, 7) is 8.67. The molecule has 1 saturated heterocycles. The van der Waals surface area contributed by atoms with Crippen molar-refractivity contribution in [3.63, 3.8) is 0 Å². The van der Waals surface area contributed by atoms with E-state index in [4.69, 9.17) is 10.8 Å². The van der Waals surface area contributed by atoms with Crippen LogP contribution in [0, 0.1) is 23.2 Å². The normalized spacial score (nSPS) is 24.0. The van der Waals surface area contributed by atoms with E-state index < -0.39 is 0 Å². The van der Waals surface area contributed by atoms with E-state index in [1.54, 1.807) is 0 Å². The Labute approximate surface area is 264 Å². The van der Waals surface area contributed by atoms with Gasteiger partial charge in [-0.05, 0) is 112 Å². The Balaban J connectivity index is 1.10. The highest BCUT2D eigenvalue weighted by molar-refractivity contribution is 5.96. The molecule has 0 radical (unpaired) electrons. The number of piperidine rings is 1. The lowest BCUT2D eigenvalue weighted by Gasteiger charge is -2.24. The van der Waals surface area contributed by atoms with Crippen LogP contribution in [0.5, 0.6) is 0 Å². The summed E-state index contributed by atoms with van der Waals surface area (Å²) >= 11 is 0. The Morgan fingerprint density at radius 2 is 1.91 bits per heavy atom. The lowest BCUT2D eigenvalue weighted by Crippen LogP contribution is -2.32. The molecule has 3 heterocycles. The van der Waals surface area contributed by atoms with E-state index >= 15 is 0 Å². The van der Waals surface area contributed by atoms with Crippen LogP contribution in [0.15, 0.2) is 83.3 Å². The molecular weight excluding hydrogens is 556 g/mol. The maximum atomic E-state index is 13.0. The van der Waals surface area contributed by atoms with Gasteiger partial charge in [0.25, 0.3) is 0 Å². The van der Waals surface area contributed by atoms with E-state index in [2.05, 4.69) is 102 Å². The second-order valence-corrected chi connectivity index (χ2v) is 14.0. The van der Waals surface area contributed by atoms with Crippen LogP contribution in [0.1, 0.15) is 63.3 Å². The van der Waals surface area contributed by atoms with Crippen LogP contribution in [-0.4, -0.2) is 34.2 Å². The molecule has 1 aromatic carbocycles. The van der Waals surface area contributed by atoms with Crippen molar-refractivity contribution < 1.29 is 4.79 Å². The Morgan fingerprint density at radius 3 is 2.71 bits per heavy atom. The van der Waals surface area contributed by atoms with Crippen molar-refractivity contribution in [1.82, 2.24) is 25.8 Å². The van der Waals surface area contributed by atoms with Crippen LogP contribution in [0.2, 0.25) is 0 Å². The van der Waals surface area contributed by atoms with E-state index in [9.17, 15) is 4.79 Å². The van der Waals surface area contributed by atoms with Gasteiger partial charge in [-0.3, -0.25) is 9.89 Å². The molecule has 230 valence electrons. The third-order valence-electron chi connectivity index (χ3n) is 10.6. The standard InChI is InChI=1S/C38H42N6O/c1-21-19-38(3,20-22(21)2)31-6-5-27(39)17-34-29(31)18-35(41-34)37-30-14-24(4-7-32(30)43-44-37)25-13-26-15-28(26)33(16-25)42-36(45)12-23-8-10-40-11-9-23/h4-7,13-14,16,18-20,23,26,28,40-41H,8-12,15,17,39H2,1-3H3,(H,42,45)(H,43,44). The second-order valence-electron chi connectivity index (χ2n) is 14.0. The quantitative estimate of drug-likeness (QED) is 0.218. The lowest BCUT2D eigenvalue weighted by molar-refractivity contribution is -0.121. The number of aromatic nitrogens is 3. The van der Waals surface area contributed by atoms with Crippen LogP contribution in [0.4, 0.5) is 0 Å². The second kappa shape index (κ2) is 10.6. The van der Waals surface area contributed by atoms with Crippen LogP contribution in [0.3, 0.4) is 0 Å². The summed E-state index contributed by atoms with van der Waals surface area (Å²) < 4.78 is 0. The van der Waals surface area contributed by atoms with Gasteiger partial charge in [-0.2, -0.15) is 5.10 Å². The predicted octanol–water partition coefficient (Wildman–Crippen LogP) is 6.68. The number of carbonyl (C=O) groups is 1. The van der Waals surface area contributed by atoms with Crippen LogP contribution < -0.4 is 16.4 Å². The first-order valence-electron chi connectivity index (χ1n) is 16.5. The number of fused-ring (bicyclic) bond motifs is 3. The average molecular weight is 599 g/mol. The minimum Gasteiger partial charge on any atom is -0.402 e. The van der Waals surface area contributed by atoms with Crippen molar-refractivity contribution in [3.05, 3.63) is 100 Å². The van der Waals surface area contributed by atoms with Gasteiger partial charge in [0.1, 0.15) is 5.69 Å². The molecule has 7 nitrogen and oxygen atoms in total. The largest absolute Gasteiger partial charge is 0.402 e. The zero-order valence-electron chi connectivity index (χ0n) is 26.4. The Kier molecular flexibility index (Phi) is 6.64. The Morgan fingerprint density at radius 1 is 1.11 bits per heavy atom. The molecule has 1 saturated carbocycles. The molecular formula is C38H42N6O. The molecule has 3 aromatic rings. The number of carbonyl (C=O) groups excluding carboxylic acids is 1. The van der Waals surface area contributed by atoms with Gasteiger partial charge in [0.05, 0.1) is 11.2 Å². The molecule has 2 atom stereocenters. The number of allylic oxidation sites excluding steroid dienone is 12. The van der Waals surface area contributed by atoms with Crippen LogP contribution in [0.25, 0.3) is 33.4 Å². The van der Waals surface area contributed by atoms with Crippen molar-refractivity contribution in [2.45, 2.75) is 52.9 Å². The summed E-state index contributed by atoms with van der Waals surface area (Å²) in [6, 6.07) is 8.76. The number of hydrogen-bond donors (Lipinski definition) is 5. The van der Waals surface area contributed by atoms with E-state index in [1.165, 1.54) is 27.9 Å². The minimum absolute atomic E-state index is 0.158. The van der Waals surface area contributed by atoms with E-state index in [1.807, 2.05) is 0 Å². The predicted molar refractivity (Wildman–Crippen MR) is 181 cm³/mol. The third kappa shape index (κ3) is 5.13. The van der Waals surface area contributed by atoms with Gasteiger partial charge >= 0.3 is 0 Å². The Hall–Kier alpha value is -4.36. The van der Waals surface area contributed by atoms with Crippen molar-refractivity contribution in [3.8, 4) is 11.4 Å². The molecule has 2 unspecified atom stereocenters. The smallest absolute Gasteiger partial charge is 0.224 e. The van der Waals surface area contributed by atoms with Crippen molar-refractivity contribution in [2.75, 3.05) is 13.1 Å². The van der Waals surface area contributed by atoms with Crippen LogP contribution >= 0.6 is 0 Å². The summed E-state index contributed by atoms with van der Waals surface area (Å²) in [5.41, 5.74) is 19.5.